The number of hydrogen-bond acceptors (Lipinski definition) is 4. The molecule has 5 nitrogen and oxygen atoms in total. The van der Waals surface area contributed by atoms with Crippen molar-refractivity contribution in [3.05, 3.63) is 0 Å². The van der Waals surface area contributed by atoms with Crippen molar-refractivity contribution >= 4 is 6.09 Å². The molecule has 86 valence electrons. The van der Waals surface area contributed by atoms with Crippen LogP contribution in [0.25, 0.3) is 0 Å². The van der Waals surface area contributed by atoms with Gasteiger partial charge in [0.2, 0.25) is 0 Å². The first-order valence-corrected chi connectivity index (χ1v) is 5.00. The van der Waals surface area contributed by atoms with Crippen LogP contribution in [0.5, 0.6) is 0 Å². The summed E-state index contributed by atoms with van der Waals surface area (Å²) in [6, 6.07) is 2.02. The molecule has 0 unspecified atom stereocenters. The maximum atomic E-state index is 11.1. The van der Waals surface area contributed by atoms with E-state index in [0.717, 1.165) is 0 Å². The number of nitrogens with one attached hydrogen (secondary N) is 2. The molecule has 0 aliphatic heterocycles. The van der Waals surface area contributed by atoms with Gasteiger partial charge in [-0.15, -0.1) is 0 Å². The Kier molecular flexibility index (Phi) is 6.47. The van der Waals surface area contributed by atoms with Crippen LogP contribution in [-0.4, -0.2) is 31.3 Å². The van der Waals surface area contributed by atoms with Gasteiger partial charge in [-0.1, -0.05) is 0 Å². The molecule has 0 bridgehead atoms. The van der Waals surface area contributed by atoms with Gasteiger partial charge in [-0.05, 0) is 20.8 Å². The second-order valence-electron chi connectivity index (χ2n) is 4.09. The van der Waals surface area contributed by atoms with E-state index in [1.807, 2.05) is 26.8 Å². The molecule has 0 spiro atoms. The third-order valence-corrected chi connectivity index (χ3v) is 1.38. The molecule has 0 aromatic rings. The van der Waals surface area contributed by atoms with Crippen molar-refractivity contribution in [2.45, 2.75) is 32.8 Å². The number of nitriles is 1. The molecule has 0 radical (unpaired) electrons. The topological polar surface area (TPSA) is 74.2 Å². The van der Waals surface area contributed by atoms with E-state index in [-0.39, 0.29) is 0 Å². The summed E-state index contributed by atoms with van der Waals surface area (Å²) in [4.78, 5) is 11.1. The van der Waals surface area contributed by atoms with Crippen molar-refractivity contribution in [2.75, 3.05) is 19.6 Å². The highest BCUT2D eigenvalue weighted by Gasteiger charge is 2.15. The molecule has 0 aromatic heterocycles. The predicted octanol–water partition coefficient (Wildman–Crippen LogP) is 1.01. The zero-order valence-corrected chi connectivity index (χ0v) is 9.59. The predicted molar refractivity (Wildman–Crippen MR) is 57.3 cm³/mol. The number of amides is 1. The largest absolute Gasteiger partial charge is 0.444 e. The van der Waals surface area contributed by atoms with Gasteiger partial charge in [-0.3, -0.25) is 0 Å². The lowest BCUT2D eigenvalue weighted by Gasteiger charge is -2.19. The second kappa shape index (κ2) is 7.07. The zero-order chi connectivity index (χ0) is 11.7. The van der Waals surface area contributed by atoms with Crippen LogP contribution in [0.3, 0.4) is 0 Å². The maximum Gasteiger partial charge on any atom is 0.407 e. The molecule has 0 aromatic carbocycles. The monoisotopic (exact) mass is 213 g/mol. The highest BCUT2D eigenvalue weighted by Crippen LogP contribution is 2.05. The number of rotatable bonds is 5. The van der Waals surface area contributed by atoms with Crippen molar-refractivity contribution in [3.8, 4) is 6.07 Å². The fourth-order valence-corrected chi connectivity index (χ4v) is 0.836. The van der Waals surface area contributed by atoms with Crippen molar-refractivity contribution in [1.29, 1.82) is 5.26 Å². The summed E-state index contributed by atoms with van der Waals surface area (Å²) in [5, 5.41) is 13.9. The molecule has 15 heavy (non-hydrogen) atoms. The van der Waals surface area contributed by atoms with Gasteiger partial charge in [0, 0.05) is 26.1 Å². The van der Waals surface area contributed by atoms with Gasteiger partial charge in [0.15, 0.2) is 0 Å². The van der Waals surface area contributed by atoms with Crippen molar-refractivity contribution in [2.24, 2.45) is 0 Å². The number of carbonyl (C=O) groups excluding carboxylic acids is 1. The van der Waals surface area contributed by atoms with Gasteiger partial charge < -0.3 is 15.4 Å². The lowest BCUT2D eigenvalue weighted by Crippen LogP contribution is -2.36. The fourth-order valence-electron chi connectivity index (χ4n) is 0.836. The van der Waals surface area contributed by atoms with E-state index in [4.69, 9.17) is 10.00 Å². The number of alkyl carbamates (subject to hydrolysis) is 1. The normalized spacial score (nSPS) is 10.5. The summed E-state index contributed by atoms with van der Waals surface area (Å²) < 4.78 is 5.04. The van der Waals surface area contributed by atoms with Crippen LogP contribution in [-0.2, 0) is 4.74 Å². The summed E-state index contributed by atoms with van der Waals surface area (Å²) in [6.45, 7) is 7.24. The van der Waals surface area contributed by atoms with E-state index >= 15 is 0 Å². The van der Waals surface area contributed by atoms with Crippen LogP contribution >= 0.6 is 0 Å². The first kappa shape index (κ1) is 13.7. The quantitative estimate of drug-likeness (QED) is 0.668. The Balaban J connectivity index is 3.37. The third-order valence-electron chi connectivity index (χ3n) is 1.38. The Bertz CT molecular complexity index is 228. The minimum absolute atomic E-state index is 0.412. The van der Waals surface area contributed by atoms with E-state index in [1.165, 1.54) is 0 Å². The van der Waals surface area contributed by atoms with Gasteiger partial charge in [-0.2, -0.15) is 5.26 Å². The second-order valence-corrected chi connectivity index (χ2v) is 4.09. The molecular weight excluding hydrogens is 194 g/mol. The number of hydrogen-bond donors (Lipinski definition) is 2. The van der Waals surface area contributed by atoms with Crippen LogP contribution in [0, 0.1) is 11.3 Å². The van der Waals surface area contributed by atoms with E-state index in [0.29, 0.717) is 26.1 Å². The lowest BCUT2D eigenvalue weighted by molar-refractivity contribution is 0.0528. The lowest BCUT2D eigenvalue weighted by atomic mass is 10.2. The summed E-state index contributed by atoms with van der Waals surface area (Å²) in [5.41, 5.74) is -0.460. The maximum absolute atomic E-state index is 11.1. The average molecular weight is 213 g/mol. The minimum atomic E-state index is -0.460. The Morgan fingerprint density at radius 1 is 1.33 bits per heavy atom. The van der Waals surface area contributed by atoms with E-state index < -0.39 is 11.7 Å². The molecule has 0 fully saturated rings. The van der Waals surface area contributed by atoms with Crippen LogP contribution in [0.1, 0.15) is 27.2 Å². The Labute approximate surface area is 90.8 Å². The summed E-state index contributed by atoms with van der Waals surface area (Å²) >= 11 is 0. The molecule has 0 saturated carbocycles. The van der Waals surface area contributed by atoms with Crippen LogP contribution in [0.2, 0.25) is 0 Å². The molecular formula is C10H19N3O2. The van der Waals surface area contributed by atoms with Crippen molar-refractivity contribution in [1.82, 2.24) is 10.6 Å². The zero-order valence-electron chi connectivity index (χ0n) is 9.59. The number of ether oxygens (including phenoxy) is 1. The SMILES string of the molecule is CC(C)(C)OC(=O)NCCNCCC#N. The van der Waals surface area contributed by atoms with Crippen molar-refractivity contribution in [3.63, 3.8) is 0 Å². The smallest absolute Gasteiger partial charge is 0.407 e. The Morgan fingerprint density at radius 3 is 2.53 bits per heavy atom. The molecule has 0 aliphatic rings. The Morgan fingerprint density at radius 2 is 2.00 bits per heavy atom. The molecule has 0 atom stereocenters. The van der Waals surface area contributed by atoms with Crippen LogP contribution < -0.4 is 10.6 Å². The van der Waals surface area contributed by atoms with E-state index in [9.17, 15) is 4.79 Å². The van der Waals surface area contributed by atoms with Gasteiger partial charge in [0.05, 0.1) is 6.07 Å². The highest BCUT2D eigenvalue weighted by molar-refractivity contribution is 5.67. The van der Waals surface area contributed by atoms with Crippen LogP contribution in [0.4, 0.5) is 4.79 Å². The van der Waals surface area contributed by atoms with Gasteiger partial charge >= 0.3 is 6.09 Å². The molecule has 0 saturated heterocycles. The molecule has 5 heteroatoms. The van der Waals surface area contributed by atoms with E-state index in [2.05, 4.69) is 10.6 Å². The van der Waals surface area contributed by atoms with Gasteiger partial charge in [0.25, 0.3) is 0 Å². The van der Waals surface area contributed by atoms with Gasteiger partial charge in [0.1, 0.15) is 5.60 Å². The third kappa shape index (κ3) is 10.6. The van der Waals surface area contributed by atoms with E-state index in [1.54, 1.807) is 0 Å². The average Bonchev–Trinajstić information content (AvgIpc) is 2.08. The van der Waals surface area contributed by atoms with Gasteiger partial charge in [-0.25, -0.2) is 4.79 Å². The first-order valence-electron chi connectivity index (χ1n) is 5.00. The Hall–Kier alpha value is -1.28. The molecule has 0 heterocycles. The molecule has 0 aliphatic carbocycles. The summed E-state index contributed by atoms with van der Waals surface area (Å²) in [5.74, 6) is 0. The summed E-state index contributed by atoms with van der Waals surface area (Å²) in [6.07, 6.45) is 0.0662. The first-order chi connectivity index (χ1) is 6.95. The van der Waals surface area contributed by atoms with Crippen molar-refractivity contribution < 1.29 is 9.53 Å². The molecule has 0 rings (SSSR count). The number of nitrogens with zero attached hydrogens (tertiary/aromatic N) is 1. The minimum Gasteiger partial charge on any atom is -0.444 e. The summed E-state index contributed by atoms with van der Waals surface area (Å²) in [7, 11) is 0. The van der Waals surface area contributed by atoms with Crippen LogP contribution in [0.15, 0.2) is 0 Å². The highest BCUT2D eigenvalue weighted by atomic mass is 16.6. The number of carbonyl (C=O) groups is 1. The fraction of sp³-hybridized carbons (Fsp3) is 0.800. The molecule has 1 amide bonds. The molecule has 2 N–H and O–H groups in total. The standard InChI is InChI=1S/C10H19N3O2/c1-10(2,3)15-9(14)13-8-7-12-6-4-5-11/h12H,4,6-8H2,1-3H3,(H,13,14).